The van der Waals surface area contributed by atoms with Crippen molar-refractivity contribution in [3.8, 4) is 0 Å². The van der Waals surface area contributed by atoms with Crippen LogP contribution in [0.2, 0.25) is 0 Å². The topological polar surface area (TPSA) is 26.3 Å². The van der Waals surface area contributed by atoms with Crippen LogP contribution in [0.3, 0.4) is 0 Å². The third kappa shape index (κ3) is 4.25. The average molecular weight is 334 g/mol. The molecule has 0 heterocycles. The van der Waals surface area contributed by atoms with Crippen molar-refractivity contribution in [2.75, 3.05) is 6.61 Å². The fourth-order valence-electron chi connectivity index (χ4n) is 2.28. The standard InChI is InChI=1S/C19H17F3O2/c1-3-24-18(23)17-13(2)5-4-6-15(17)10-7-14-8-11-16(12-9-14)19(20,21)22/h4-12H,3H2,1-2H3/b10-7+. The predicted molar refractivity (Wildman–Crippen MR) is 87.5 cm³/mol. The molecule has 0 bridgehead atoms. The van der Waals surface area contributed by atoms with Crippen LogP contribution in [-0.2, 0) is 10.9 Å². The van der Waals surface area contributed by atoms with Crippen molar-refractivity contribution >= 4 is 18.1 Å². The van der Waals surface area contributed by atoms with Gasteiger partial charge in [0.2, 0.25) is 0 Å². The number of halogens is 3. The Labute approximate surface area is 138 Å². The van der Waals surface area contributed by atoms with E-state index < -0.39 is 17.7 Å². The third-order valence-corrected chi connectivity index (χ3v) is 3.48. The summed E-state index contributed by atoms with van der Waals surface area (Å²) < 4.78 is 42.7. The number of hydrogen-bond acceptors (Lipinski definition) is 2. The number of hydrogen-bond donors (Lipinski definition) is 0. The number of ether oxygens (including phenoxy) is 1. The van der Waals surface area contributed by atoms with Gasteiger partial charge < -0.3 is 4.74 Å². The van der Waals surface area contributed by atoms with Gasteiger partial charge in [-0.1, -0.05) is 42.5 Å². The second-order valence-electron chi connectivity index (χ2n) is 5.21. The quantitative estimate of drug-likeness (QED) is 0.556. The van der Waals surface area contributed by atoms with Crippen molar-refractivity contribution in [1.29, 1.82) is 0 Å². The van der Waals surface area contributed by atoms with E-state index in [0.717, 1.165) is 17.7 Å². The molecule has 0 unspecified atom stereocenters. The Kier molecular flexibility index (Phi) is 5.44. The average Bonchev–Trinajstić information content (AvgIpc) is 2.52. The summed E-state index contributed by atoms with van der Waals surface area (Å²) in [4.78, 5) is 12.1. The SMILES string of the molecule is CCOC(=O)c1c(C)cccc1/C=C/c1ccc(C(F)(F)F)cc1. The van der Waals surface area contributed by atoms with E-state index in [4.69, 9.17) is 4.74 Å². The molecule has 0 saturated carbocycles. The number of carbonyl (C=O) groups excluding carboxylic acids is 1. The van der Waals surface area contributed by atoms with Crippen molar-refractivity contribution in [2.45, 2.75) is 20.0 Å². The predicted octanol–water partition coefficient (Wildman–Crippen LogP) is 5.36. The maximum atomic E-state index is 12.6. The number of alkyl halides is 3. The zero-order valence-corrected chi connectivity index (χ0v) is 13.4. The van der Waals surface area contributed by atoms with Crippen LogP contribution >= 0.6 is 0 Å². The Morgan fingerprint density at radius 1 is 1.08 bits per heavy atom. The van der Waals surface area contributed by atoms with Crippen LogP contribution < -0.4 is 0 Å². The minimum atomic E-state index is -4.35. The summed E-state index contributed by atoms with van der Waals surface area (Å²) in [6.45, 7) is 3.81. The Hall–Kier alpha value is -2.56. The summed E-state index contributed by atoms with van der Waals surface area (Å²) in [5.74, 6) is -0.414. The summed E-state index contributed by atoms with van der Waals surface area (Å²) in [6, 6.07) is 10.2. The fourth-order valence-corrected chi connectivity index (χ4v) is 2.28. The first-order valence-electron chi connectivity index (χ1n) is 7.45. The molecule has 0 aromatic heterocycles. The molecule has 0 aliphatic rings. The first-order chi connectivity index (χ1) is 11.3. The van der Waals surface area contributed by atoms with E-state index in [1.165, 1.54) is 12.1 Å². The van der Waals surface area contributed by atoms with Gasteiger partial charge in [-0.05, 0) is 42.7 Å². The fraction of sp³-hybridized carbons (Fsp3) is 0.211. The number of rotatable bonds is 4. The molecule has 24 heavy (non-hydrogen) atoms. The Balaban J connectivity index is 2.29. The van der Waals surface area contributed by atoms with E-state index in [0.29, 0.717) is 16.7 Å². The van der Waals surface area contributed by atoms with E-state index in [-0.39, 0.29) is 6.61 Å². The van der Waals surface area contributed by atoms with Crippen molar-refractivity contribution in [1.82, 2.24) is 0 Å². The summed E-state index contributed by atoms with van der Waals surface area (Å²) >= 11 is 0. The van der Waals surface area contributed by atoms with Gasteiger partial charge in [-0.3, -0.25) is 0 Å². The lowest BCUT2D eigenvalue weighted by Gasteiger charge is -2.09. The van der Waals surface area contributed by atoms with Gasteiger partial charge in [0, 0.05) is 0 Å². The van der Waals surface area contributed by atoms with Gasteiger partial charge in [0.15, 0.2) is 0 Å². The highest BCUT2D eigenvalue weighted by molar-refractivity contribution is 5.96. The van der Waals surface area contributed by atoms with E-state index in [1.807, 2.05) is 19.1 Å². The lowest BCUT2D eigenvalue weighted by molar-refractivity contribution is -0.137. The second kappa shape index (κ2) is 7.34. The molecule has 0 amide bonds. The smallest absolute Gasteiger partial charge is 0.416 e. The molecule has 0 aliphatic heterocycles. The molecule has 0 fully saturated rings. The first-order valence-corrected chi connectivity index (χ1v) is 7.45. The largest absolute Gasteiger partial charge is 0.462 e. The minimum absolute atomic E-state index is 0.273. The van der Waals surface area contributed by atoms with Gasteiger partial charge in [0.25, 0.3) is 0 Å². The van der Waals surface area contributed by atoms with Crippen LogP contribution in [0, 0.1) is 6.92 Å². The van der Waals surface area contributed by atoms with Crippen molar-refractivity contribution in [3.63, 3.8) is 0 Å². The van der Waals surface area contributed by atoms with Gasteiger partial charge in [0.05, 0.1) is 17.7 Å². The highest BCUT2D eigenvalue weighted by atomic mass is 19.4. The van der Waals surface area contributed by atoms with Gasteiger partial charge in [-0.15, -0.1) is 0 Å². The zero-order valence-electron chi connectivity index (χ0n) is 13.4. The van der Waals surface area contributed by atoms with Crippen molar-refractivity contribution < 1.29 is 22.7 Å². The van der Waals surface area contributed by atoms with Crippen LogP contribution in [0.5, 0.6) is 0 Å². The number of benzene rings is 2. The molecule has 0 saturated heterocycles. The maximum absolute atomic E-state index is 12.6. The summed E-state index contributed by atoms with van der Waals surface area (Å²) in [5.41, 5.74) is 1.82. The summed E-state index contributed by atoms with van der Waals surface area (Å²) in [7, 11) is 0. The summed E-state index contributed by atoms with van der Waals surface area (Å²) in [6.07, 6.45) is -0.991. The normalized spacial score (nSPS) is 11.7. The summed E-state index contributed by atoms with van der Waals surface area (Å²) in [5, 5.41) is 0. The molecule has 0 radical (unpaired) electrons. The van der Waals surface area contributed by atoms with Gasteiger partial charge >= 0.3 is 12.1 Å². The lowest BCUT2D eigenvalue weighted by Crippen LogP contribution is -2.08. The Bertz CT molecular complexity index is 744. The van der Waals surface area contributed by atoms with Crippen LogP contribution in [0.4, 0.5) is 13.2 Å². The molecule has 0 spiro atoms. The Morgan fingerprint density at radius 3 is 2.33 bits per heavy atom. The molecule has 2 nitrogen and oxygen atoms in total. The number of aryl methyl sites for hydroxylation is 1. The minimum Gasteiger partial charge on any atom is -0.462 e. The molecular formula is C19H17F3O2. The van der Waals surface area contributed by atoms with Gasteiger partial charge in [-0.25, -0.2) is 4.79 Å². The third-order valence-electron chi connectivity index (χ3n) is 3.48. The van der Waals surface area contributed by atoms with Gasteiger partial charge in [-0.2, -0.15) is 13.2 Å². The molecule has 2 aromatic rings. The van der Waals surface area contributed by atoms with E-state index >= 15 is 0 Å². The molecule has 0 N–H and O–H groups in total. The van der Waals surface area contributed by atoms with E-state index in [9.17, 15) is 18.0 Å². The molecule has 0 atom stereocenters. The zero-order chi connectivity index (χ0) is 17.7. The maximum Gasteiger partial charge on any atom is 0.416 e. The van der Waals surface area contributed by atoms with Gasteiger partial charge in [0.1, 0.15) is 0 Å². The highest BCUT2D eigenvalue weighted by Crippen LogP contribution is 2.29. The molecule has 2 rings (SSSR count). The first kappa shape index (κ1) is 17.8. The number of esters is 1. The van der Waals surface area contributed by atoms with E-state index in [1.54, 1.807) is 25.1 Å². The van der Waals surface area contributed by atoms with Crippen LogP contribution in [0.15, 0.2) is 42.5 Å². The molecule has 5 heteroatoms. The molecular weight excluding hydrogens is 317 g/mol. The van der Waals surface area contributed by atoms with Crippen LogP contribution in [-0.4, -0.2) is 12.6 Å². The number of carbonyl (C=O) groups is 1. The Morgan fingerprint density at radius 2 is 1.75 bits per heavy atom. The van der Waals surface area contributed by atoms with Crippen LogP contribution in [0.25, 0.3) is 12.2 Å². The second-order valence-corrected chi connectivity index (χ2v) is 5.21. The molecule has 2 aromatic carbocycles. The van der Waals surface area contributed by atoms with Crippen LogP contribution in [0.1, 0.15) is 39.5 Å². The van der Waals surface area contributed by atoms with E-state index in [2.05, 4.69) is 0 Å². The molecule has 0 aliphatic carbocycles. The lowest BCUT2D eigenvalue weighted by atomic mass is 10.0. The van der Waals surface area contributed by atoms with Crippen molar-refractivity contribution in [3.05, 3.63) is 70.3 Å². The van der Waals surface area contributed by atoms with Crippen molar-refractivity contribution in [2.24, 2.45) is 0 Å². The monoisotopic (exact) mass is 334 g/mol. The highest BCUT2D eigenvalue weighted by Gasteiger charge is 2.29. The molecule has 126 valence electrons.